The van der Waals surface area contributed by atoms with Gasteiger partial charge in [0.25, 0.3) is 0 Å². The molecule has 0 spiro atoms. The number of furan rings is 1. The van der Waals surface area contributed by atoms with Crippen molar-refractivity contribution in [3.63, 3.8) is 0 Å². The maximum Gasteiger partial charge on any atom is 0.408 e. The summed E-state index contributed by atoms with van der Waals surface area (Å²) in [6.07, 6.45) is 1.38. The number of rotatable bonds is 11. The van der Waals surface area contributed by atoms with Gasteiger partial charge in [0, 0.05) is 24.9 Å². The van der Waals surface area contributed by atoms with Gasteiger partial charge < -0.3 is 19.4 Å². The molecular formula is C29H42N2O4S. The summed E-state index contributed by atoms with van der Waals surface area (Å²) in [7, 11) is 0. The van der Waals surface area contributed by atoms with Crippen LogP contribution in [0.15, 0.2) is 57.4 Å². The molecule has 0 aliphatic heterocycles. The Balaban J connectivity index is 2.29. The lowest BCUT2D eigenvalue weighted by Gasteiger charge is -2.30. The number of carbonyl (C=O) groups excluding carboxylic acids is 2. The van der Waals surface area contributed by atoms with E-state index in [0.29, 0.717) is 25.4 Å². The fourth-order valence-electron chi connectivity index (χ4n) is 3.57. The summed E-state index contributed by atoms with van der Waals surface area (Å²) in [4.78, 5) is 29.5. The Labute approximate surface area is 220 Å². The lowest BCUT2D eigenvalue weighted by molar-refractivity contribution is -0.133. The zero-order valence-electron chi connectivity index (χ0n) is 23.0. The van der Waals surface area contributed by atoms with Crippen molar-refractivity contribution in [2.24, 2.45) is 11.8 Å². The molecule has 1 N–H and O–H groups in total. The van der Waals surface area contributed by atoms with Crippen LogP contribution in [-0.4, -0.2) is 41.6 Å². The Bertz CT molecular complexity index is 1080. The predicted molar refractivity (Wildman–Crippen MR) is 150 cm³/mol. The molecule has 2 rings (SSSR count). The average molecular weight is 515 g/mol. The number of benzene rings is 1. The van der Waals surface area contributed by atoms with Gasteiger partial charge >= 0.3 is 6.09 Å². The first-order chi connectivity index (χ1) is 16.7. The second kappa shape index (κ2) is 13.0. The first kappa shape index (κ1) is 29.6. The van der Waals surface area contributed by atoms with Crippen molar-refractivity contribution >= 4 is 34.7 Å². The van der Waals surface area contributed by atoms with Crippen LogP contribution < -0.4 is 5.32 Å². The van der Waals surface area contributed by atoms with Crippen molar-refractivity contribution in [3.05, 3.63) is 58.6 Å². The summed E-state index contributed by atoms with van der Waals surface area (Å²) in [6, 6.07) is 6.92. The molecule has 2 aromatic rings. The van der Waals surface area contributed by atoms with Crippen molar-refractivity contribution < 1.29 is 18.7 Å². The molecule has 2 amide bonds. The number of nitrogens with one attached hydrogen (secondary N) is 1. The summed E-state index contributed by atoms with van der Waals surface area (Å²) in [6.45, 7) is 21.0. The Kier molecular flexibility index (Phi) is 10.7. The number of amides is 2. The van der Waals surface area contributed by atoms with Gasteiger partial charge in [0.2, 0.25) is 5.91 Å². The summed E-state index contributed by atoms with van der Waals surface area (Å²) in [5.74, 6) is 0.509. The van der Waals surface area contributed by atoms with E-state index < -0.39 is 17.7 Å². The Morgan fingerprint density at radius 1 is 1.19 bits per heavy atom. The van der Waals surface area contributed by atoms with Crippen LogP contribution in [0.2, 0.25) is 0 Å². The summed E-state index contributed by atoms with van der Waals surface area (Å²) < 4.78 is 10.9. The van der Waals surface area contributed by atoms with E-state index in [1.165, 1.54) is 0 Å². The lowest BCUT2D eigenvalue weighted by atomic mass is 10.0. The van der Waals surface area contributed by atoms with Gasteiger partial charge in [-0.25, -0.2) is 4.79 Å². The molecule has 0 radical (unpaired) electrons. The van der Waals surface area contributed by atoms with Crippen LogP contribution in [0.5, 0.6) is 0 Å². The molecule has 0 saturated heterocycles. The highest BCUT2D eigenvalue weighted by Crippen LogP contribution is 2.25. The Hall–Kier alpha value is -2.67. The first-order valence-corrected chi connectivity index (χ1v) is 13.4. The van der Waals surface area contributed by atoms with Crippen LogP contribution in [0.4, 0.5) is 4.79 Å². The fraction of sp³-hybridized carbons (Fsp3) is 0.517. The highest BCUT2D eigenvalue weighted by Gasteiger charge is 2.29. The van der Waals surface area contributed by atoms with E-state index in [1.807, 2.05) is 36.1 Å². The average Bonchev–Trinajstić information content (AvgIpc) is 3.22. The van der Waals surface area contributed by atoms with Crippen LogP contribution in [-0.2, 0) is 16.0 Å². The van der Waals surface area contributed by atoms with Gasteiger partial charge in [-0.2, -0.15) is 0 Å². The molecule has 0 aliphatic carbocycles. The molecule has 7 heteroatoms. The van der Waals surface area contributed by atoms with Crippen molar-refractivity contribution in [3.8, 4) is 0 Å². The number of carbonyl (C=O) groups is 2. The van der Waals surface area contributed by atoms with E-state index in [-0.39, 0.29) is 11.8 Å². The van der Waals surface area contributed by atoms with Gasteiger partial charge in [-0.05, 0) is 79.2 Å². The minimum Gasteiger partial charge on any atom is -0.464 e. The predicted octanol–water partition coefficient (Wildman–Crippen LogP) is 7.16. The largest absolute Gasteiger partial charge is 0.464 e. The van der Waals surface area contributed by atoms with Crippen molar-refractivity contribution in [2.45, 2.75) is 73.5 Å². The van der Waals surface area contributed by atoms with Crippen LogP contribution in [0.3, 0.4) is 0 Å². The molecule has 1 aromatic carbocycles. The minimum atomic E-state index is -0.769. The summed E-state index contributed by atoms with van der Waals surface area (Å²) in [5.41, 5.74) is 2.11. The number of fused-ring (bicyclic) bond motifs is 1. The van der Waals surface area contributed by atoms with Crippen molar-refractivity contribution in [2.75, 3.05) is 13.1 Å². The summed E-state index contributed by atoms with van der Waals surface area (Å²) in [5, 5.41) is 5.86. The molecule has 0 bridgehead atoms. The van der Waals surface area contributed by atoms with Crippen LogP contribution in [0.25, 0.3) is 11.0 Å². The number of alkyl carbamates (subject to hydrolysis) is 1. The Morgan fingerprint density at radius 2 is 1.89 bits per heavy atom. The van der Waals surface area contributed by atoms with Gasteiger partial charge in [-0.3, -0.25) is 4.79 Å². The third-order valence-electron chi connectivity index (χ3n) is 5.34. The second-order valence-corrected chi connectivity index (χ2v) is 12.0. The van der Waals surface area contributed by atoms with Gasteiger partial charge in [0.1, 0.15) is 17.2 Å². The van der Waals surface area contributed by atoms with Crippen LogP contribution in [0, 0.1) is 11.8 Å². The molecule has 1 atom stereocenters. The van der Waals surface area contributed by atoms with E-state index in [9.17, 15) is 9.59 Å². The van der Waals surface area contributed by atoms with Gasteiger partial charge in [-0.1, -0.05) is 40.3 Å². The number of nitrogens with zero attached hydrogens (tertiary/aromatic N) is 1. The lowest BCUT2D eigenvalue weighted by Crippen LogP contribution is -2.51. The third kappa shape index (κ3) is 9.76. The first-order valence-electron chi connectivity index (χ1n) is 12.5. The highest BCUT2D eigenvalue weighted by molar-refractivity contribution is 8.05. The van der Waals surface area contributed by atoms with E-state index in [1.54, 1.807) is 38.8 Å². The number of ether oxygens (including phenoxy) is 1. The van der Waals surface area contributed by atoms with E-state index in [0.717, 1.165) is 27.0 Å². The maximum atomic E-state index is 13.9. The van der Waals surface area contributed by atoms with Crippen LogP contribution >= 0.6 is 11.8 Å². The second-order valence-electron chi connectivity index (χ2n) is 11.0. The number of hydrogen-bond acceptors (Lipinski definition) is 5. The van der Waals surface area contributed by atoms with Gasteiger partial charge in [0.05, 0.1) is 6.26 Å². The number of thioether (sulfide) groups is 1. The molecule has 0 saturated carbocycles. The molecule has 0 fully saturated rings. The smallest absolute Gasteiger partial charge is 0.408 e. The fourth-order valence-corrected chi connectivity index (χ4v) is 4.27. The van der Waals surface area contributed by atoms with Gasteiger partial charge in [0.15, 0.2) is 0 Å². The SMILES string of the molecule is C=C(S/C=C(\C)CN(CC(C)C)C(=O)[C@@H](Cc1ccc2occc2c1)NC(=O)OC(C)(C)C)C(C)C. The number of hydrogen-bond donors (Lipinski definition) is 1. The summed E-state index contributed by atoms with van der Waals surface area (Å²) >= 11 is 1.60. The maximum absolute atomic E-state index is 13.9. The van der Waals surface area contributed by atoms with E-state index in [4.69, 9.17) is 9.15 Å². The molecule has 36 heavy (non-hydrogen) atoms. The highest BCUT2D eigenvalue weighted by atomic mass is 32.2. The van der Waals surface area contributed by atoms with Crippen molar-refractivity contribution in [1.82, 2.24) is 10.2 Å². The molecule has 1 aromatic heterocycles. The van der Waals surface area contributed by atoms with Gasteiger partial charge in [-0.15, -0.1) is 11.8 Å². The zero-order valence-corrected chi connectivity index (χ0v) is 23.8. The molecular weight excluding hydrogens is 472 g/mol. The van der Waals surface area contributed by atoms with Crippen LogP contribution in [0.1, 0.15) is 61.0 Å². The number of allylic oxidation sites excluding steroid dienone is 1. The monoisotopic (exact) mass is 514 g/mol. The molecule has 198 valence electrons. The molecule has 0 aliphatic rings. The Morgan fingerprint density at radius 3 is 2.50 bits per heavy atom. The topological polar surface area (TPSA) is 71.8 Å². The molecule has 6 nitrogen and oxygen atoms in total. The normalized spacial score (nSPS) is 13.2. The quantitative estimate of drug-likeness (QED) is 0.344. The molecule has 1 heterocycles. The zero-order chi connectivity index (χ0) is 27.0. The van der Waals surface area contributed by atoms with E-state index in [2.05, 4.69) is 45.0 Å². The third-order valence-corrected chi connectivity index (χ3v) is 6.63. The standard InChI is InChI=1S/C29H42N2O4S/c1-19(2)16-31(17-21(5)18-36-22(6)20(3)4)27(32)25(30-28(33)35-29(7,8)9)15-23-10-11-26-24(14-23)12-13-34-26/h10-14,18-20,25H,6,15-17H2,1-5,7-9H3,(H,30,33)/b21-18+/t25-/m1/s1. The van der Waals surface area contributed by atoms with E-state index >= 15 is 0 Å². The molecule has 0 unspecified atom stereocenters. The van der Waals surface area contributed by atoms with Crippen molar-refractivity contribution in [1.29, 1.82) is 0 Å². The minimum absolute atomic E-state index is 0.137.